The number of rotatable bonds is 7. The highest BCUT2D eigenvalue weighted by atomic mass is 16.5. The molecule has 0 aromatic rings. The summed E-state index contributed by atoms with van der Waals surface area (Å²) in [5.74, 6) is -0.0894. The molecule has 0 aromatic carbocycles. The van der Waals surface area contributed by atoms with Gasteiger partial charge in [-0.2, -0.15) is 0 Å². The predicted molar refractivity (Wildman–Crippen MR) is 52.4 cm³/mol. The topological polar surface area (TPSA) is 64.3 Å². The van der Waals surface area contributed by atoms with Crippen LogP contribution in [-0.4, -0.2) is 31.7 Å². The number of hydrogen-bond donors (Lipinski definition) is 2. The summed E-state index contributed by atoms with van der Waals surface area (Å²) in [5.41, 5.74) is 5.71. The second-order valence-electron chi connectivity index (χ2n) is 2.99. The molecule has 1 atom stereocenters. The van der Waals surface area contributed by atoms with Crippen LogP contribution in [0.3, 0.4) is 0 Å². The van der Waals surface area contributed by atoms with Gasteiger partial charge in [-0.15, -0.1) is 0 Å². The highest BCUT2D eigenvalue weighted by Gasteiger charge is 2.04. The minimum absolute atomic E-state index is 0.0653. The maximum atomic E-state index is 11.0. The summed E-state index contributed by atoms with van der Waals surface area (Å²) in [6.07, 6.45) is 1.98. The van der Waals surface area contributed by atoms with E-state index in [4.69, 9.17) is 10.5 Å². The Hall–Kier alpha value is -0.610. The van der Waals surface area contributed by atoms with Gasteiger partial charge in [-0.25, -0.2) is 0 Å². The van der Waals surface area contributed by atoms with Gasteiger partial charge >= 0.3 is 0 Å². The molecule has 4 nitrogen and oxygen atoms in total. The Morgan fingerprint density at radius 2 is 2.23 bits per heavy atom. The molecule has 1 unspecified atom stereocenters. The van der Waals surface area contributed by atoms with E-state index in [1.54, 1.807) is 0 Å². The summed E-state index contributed by atoms with van der Waals surface area (Å²) in [6, 6.07) is 0.0653. The minimum atomic E-state index is -0.0894. The zero-order chi connectivity index (χ0) is 10.1. The molecule has 0 saturated heterocycles. The fourth-order valence-corrected chi connectivity index (χ4v) is 0.964. The van der Waals surface area contributed by atoms with Crippen molar-refractivity contribution in [3.05, 3.63) is 0 Å². The Morgan fingerprint density at radius 3 is 2.77 bits per heavy atom. The zero-order valence-corrected chi connectivity index (χ0v) is 8.51. The quantitative estimate of drug-likeness (QED) is 0.602. The summed E-state index contributed by atoms with van der Waals surface area (Å²) in [6.45, 7) is 5.17. The van der Waals surface area contributed by atoms with Gasteiger partial charge in [-0.3, -0.25) is 4.79 Å². The summed E-state index contributed by atoms with van der Waals surface area (Å²) < 4.78 is 4.93. The molecule has 0 aliphatic rings. The van der Waals surface area contributed by atoms with Crippen molar-refractivity contribution in [1.82, 2.24) is 5.32 Å². The molecule has 3 N–H and O–H groups in total. The molecule has 0 spiro atoms. The average Bonchev–Trinajstić information content (AvgIpc) is 2.12. The van der Waals surface area contributed by atoms with Crippen LogP contribution in [0.5, 0.6) is 0 Å². The summed E-state index contributed by atoms with van der Waals surface area (Å²) in [7, 11) is 0. The summed E-state index contributed by atoms with van der Waals surface area (Å²) in [4.78, 5) is 11.0. The van der Waals surface area contributed by atoms with Crippen molar-refractivity contribution < 1.29 is 9.53 Å². The summed E-state index contributed by atoms with van der Waals surface area (Å²) in [5, 5.41) is 2.71. The molecular weight excluding hydrogens is 168 g/mol. The molecule has 0 radical (unpaired) electrons. The molecule has 0 saturated carbocycles. The summed E-state index contributed by atoms with van der Waals surface area (Å²) >= 11 is 0. The number of nitrogens with two attached hydrogens (primary N) is 1. The van der Waals surface area contributed by atoms with Gasteiger partial charge in [0.2, 0.25) is 5.91 Å². The first-order valence-electron chi connectivity index (χ1n) is 4.80. The lowest BCUT2D eigenvalue weighted by molar-refractivity contribution is -0.125. The molecule has 0 bridgehead atoms. The van der Waals surface area contributed by atoms with Crippen LogP contribution in [0.2, 0.25) is 0 Å². The van der Waals surface area contributed by atoms with Gasteiger partial charge in [0.15, 0.2) is 0 Å². The normalized spacial score (nSPS) is 12.5. The van der Waals surface area contributed by atoms with E-state index in [9.17, 15) is 4.79 Å². The molecule has 13 heavy (non-hydrogen) atoms. The van der Waals surface area contributed by atoms with Gasteiger partial charge < -0.3 is 15.8 Å². The van der Waals surface area contributed by atoms with E-state index >= 15 is 0 Å². The third-order valence-corrected chi connectivity index (χ3v) is 1.66. The maximum absolute atomic E-state index is 11.0. The van der Waals surface area contributed by atoms with E-state index in [1.807, 2.05) is 6.92 Å². The first kappa shape index (κ1) is 12.4. The first-order chi connectivity index (χ1) is 6.20. The molecule has 0 rings (SSSR count). The van der Waals surface area contributed by atoms with E-state index < -0.39 is 0 Å². The standard InChI is InChI=1S/C9H20N2O2/c1-3-5-8(10)6-11-9(12)7-13-4-2/h8H,3-7,10H2,1-2H3,(H,11,12). The number of ether oxygens (including phenoxy) is 1. The lowest BCUT2D eigenvalue weighted by atomic mass is 10.2. The van der Waals surface area contributed by atoms with Crippen LogP contribution in [0.25, 0.3) is 0 Å². The Balaban J connectivity index is 3.34. The minimum Gasteiger partial charge on any atom is -0.372 e. The molecule has 4 heteroatoms. The Bertz CT molecular complexity index is 140. The number of carbonyl (C=O) groups is 1. The Kier molecular flexibility index (Phi) is 7.63. The largest absolute Gasteiger partial charge is 0.372 e. The van der Waals surface area contributed by atoms with E-state index in [1.165, 1.54) is 0 Å². The van der Waals surface area contributed by atoms with Crippen molar-refractivity contribution >= 4 is 5.91 Å². The Morgan fingerprint density at radius 1 is 1.54 bits per heavy atom. The van der Waals surface area contributed by atoms with E-state index in [-0.39, 0.29) is 18.6 Å². The predicted octanol–water partition coefficient (Wildman–Crippen LogP) is 0.267. The van der Waals surface area contributed by atoms with Crippen LogP contribution < -0.4 is 11.1 Å². The molecule has 1 amide bonds. The molecule has 0 aliphatic carbocycles. The van der Waals surface area contributed by atoms with Gasteiger partial charge in [0.25, 0.3) is 0 Å². The van der Waals surface area contributed by atoms with E-state index in [0.29, 0.717) is 13.2 Å². The molecular formula is C9H20N2O2. The first-order valence-corrected chi connectivity index (χ1v) is 4.80. The van der Waals surface area contributed by atoms with Gasteiger partial charge in [-0.05, 0) is 13.3 Å². The van der Waals surface area contributed by atoms with Gasteiger partial charge in [-0.1, -0.05) is 13.3 Å². The van der Waals surface area contributed by atoms with Crippen LogP contribution >= 0.6 is 0 Å². The molecule has 0 fully saturated rings. The lowest BCUT2D eigenvalue weighted by Crippen LogP contribution is -2.38. The van der Waals surface area contributed by atoms with Crippen LogP contribution in [0.15, 0.2) is 0 Å². The van der Waals surface area contributed by atoms with E-state index in [0.717, 1.165) is 12.8 Å². The second-order valence-corrected chi connectivity index (χ2v) is 2.99. The smallest absolute Gasteiger partial charge is 0.246 e. The maximum Gasteiger partial charge on any atom is 0.246 e. The van der Waals surface area contributed by atoms with Crippen molar-refractivity contribution in [2.75, 3.05) is 19.8 Å². The highest BCUT2D eigenvalue weighted by molar-refractivity contribution is 5.77. The lowest BCUT2D eigenvalue weighted by Gasteiger charge is -2.11. The van der Waals surface area contributed by atoms with Crippen molar-refractivity contribution in [2.45, 2.75) is 32.7 Å². The van der Waals surface area contributed by atoms with Gasteiger partial charge in [0.1, 0.15) is 6.61 Å². The van der Waals surface area contributed by atoms with Crippen LogP contribution in [0, 0.1) is 0 Å². The third-order valence-electron chi connectivity index (χ3n) is 1.66. The van der Waals surface area contributed by atoms with Crippen molar-refractivity contribution in [2.24, 2.45) is 5.73 Å². The van der Waals surface area contributed by atoms with Crippen molar-refractivity contribution in [3.8, 4) is 0 Å². The van der Waals surface area contributed by atoms with Crippen LogP contribution in [-0.2, 0) is 9.53 Å². The monoisotopic (exact) mass is 188 g/mol. The van der Waals surface area contributed by atoms with Crippen molar-refractivity contribution in [1.29, 1.82) is 0 Å². The zero-order valence-electron chi connectivity index (χ0n) is 8.51. The molecule has 0 heterocycles. The number of nitrogens with one attached hydrogen (secondary N) is 1. The van der Waals surface area contributed by atoms with Crippen molar-refractivity contribution in [3.63, 3.8) is 0 Å². The van der Waals surface area contributed by atoms with Gasteiger partial charge in [0, 0.05) is 19.2 Å². The highest BCUT2D eigenvalue weighted by Crippen LogP contribution is 1.90. The SMILES string of the molecule is CCCC(N)CNC(=O)COCC. The number of carbonyl (C=O) groups excluding carboxylic acids is 1. The second kappa shape index (κ2) is 8.01. The molecule has 0 aromatic heterocycles. The van der Waals surface area contributed by atoms with E-state index in [2.05, 4.69) is 12.2 Å². The fraction of sp³-hybridized carbons (Fsp3) is 0.889. The molecule has 0 aliphatic heterocycles. The Labute approximate surface area is 79.8 Å². The number of hydrogen-bond acceptors (Lipinski definition) is 3. The number of amides is 1. The average molecular weight is 188 g/mol. The van der Waals surface area contributed by atoms with Gasteiger partial charge in [0.05, 0.1) is 0 Å². The molecule has 78 valence electrons. The third kappa shape index (κ3) is 7.74. The van der Waals surface area contributed by atoms with Crippen LogP contribution in [0.4, 0.5) is 0 Å². The fourth-order valence-electron chi connectivity index (χ4n) is 0.964. The van der Waals surface area contributed by atoms with Crippen LogP contribution in [0.1, 0.15) is 26.7 Å².